The van der Waals surface area contributed by atoms with Crippen LogP contribution in [-0.4, -0.2) is 16.2 Å². The Hall–Kier alpha value is -1.84. The maximum Gasteiger partial charge on any atom is 0.247 e. The van der Waals surface area contributed by atoms with Crippen LogP contribution in [0.1, 0.15) is 38.2 Å². The molecule has 1 aromatic carbocycles. The van der Waals surface area contributed by atoms with Gasteiger partial charge in [-0.3, -0.25) is 0 Å². The number of rotatable bonds is 5. The summed E-state index contributed by atoms with van der Waals surface area (Å²) in [5.41, 5.74) is 3.37. The lowest BCUT2D eigenvalue weighted by Gasteiger charge is -2.29. The highest BCUT2D eigenvalue weighted by Crippen LogP contribution is 2.31. The fraction of sp³-hybridized carbons (Fsp3) is 0.500. The Balaban J connectivity index is 1.67. The highest BCUT2D eigenvalue weighted by atomic mass is 16.4. The molecular weight excluding hydrogens is 250 g/mol. The lowest BCUT2D eigenvalue weighted by molar-refractivity contribution is 0.286. The van der Waals surface area contributed by atoms with Crippen LogP contribution in [0.4, 0.5) is 5.69 Å². The molecule has 0 spiro atoms. The van der Waals surface area contributed by atoms with Gasteiger partial charge in [-0.05, 0) is 49.9 Å². The third-order valence-electron chi connectivity index (χ3n) is 4.15. The van der Waals surface area contributed by atoms with Crippen molar-refractivity contribution in [3.63, 3.8) is 0 Å². The molecule has 1 heterocycles. The molecule has 0 bridgehead atoms. The number of aromatic nitrogens is 2. The number of hydrogen-bond acceptors (Lipinski definition) is 4. The summed E-state index contributed by atoms with van der Waals surface area (Å²) in [6.07, 6.45) is 6.85. The van der Waals surface area contributed by atoms with Crippen molar-refractivity contribution in [1.82, 2.24) is 10.2 Å². The Kier molecular flexibility index (Phi) is 3.72. The van der Waals surface area contributed by atoms with Crippen LogP contribution < -0.4 is 5.32 Å². The lowest BCUT2D eigenvalue weighted by Crippen LogP contribution is -2.23. The fourth-order valence-electron chi connectivity index (χ4n) is 2.81. The standard InChI is InChI=1S/C16H21N3O/c1-11-8-14(16-19-17-10-20-16)6-7-15(11)18-12(2)9-13-4-3-5-13/h6-8,10,12-13,18H,3-5,9H2,1-2H3. The van der Waals surface area contributed by atoms with Gasteiger partial charge in [0, 0.05) is 17.3 Å². The maximum absolute atomic E-state index is 5.23. The van der Waals surface area contributed by atoms with Crippen molar-refractivity contribution in [2.24, 2.45) is 5.92 Å². The highest BCUT2D eigenvalue weighted by molar-refractivity contribution is 5.62. The molecule has 1 unspecified atom stereocenters. The van der Waals surface area contributed by atoms with Gasteiger partial charge in [-0.15, -0.1) is 10.2 Å². The smallest absolute Gasteiger partial charge is 0.247 e. The molecule has 0 amide bonds. The predicted molar refractivity (Wildman–Crippen MR) is 79.5 cm³/mol. The first-order valence-corrected chi connectivity index (χ1v) is 7.36. The number of hydrogen-bond donors (Lipinski definition) is 1. The summed E-state index contributed by atoms with van der Waals surface area (Å²) in [5, 5.41) is 11.3. The van der Waals surface area contributed by atoms with Crippen LogP contribution in [0.3, 0.4) is 0 Å². The van der Waals surface area contributed by atoms with E-state index in [0.29, 0.717) is 11.9 Å². The Morgan fingerprint density at radius 2 is 2.25 bits per heavy atom. The minimum atomic E-state index is 0.522. The van der Waals surface area contributed by atoms with E-state index in [2.05, 4.69) is 41.5 Å². The van der Waals surface area contributed by atoms with Crippen LogP contribution in [0, 0.1) is 12.8 Å². The van der Waals surface area contributed by atoms with Gasteiger partial charge in [-0.2, -0.15) is 0 Å². The molecule has 1 saturated carbocycles. The van der Waals surface area contributed by atoms with Crippen molar-refractivity contribution < 1.29 is 4.42 Å². The molecule has 0 saturated heterocycles. The third kappa shape index (κ3) is 2.84. The van der Waals surface area contributed by atoms with Crippen molar-refractivity contribution >= 4 is 5.69 Å². The second kappa shape index (κ2) is 5.65. The quantitative estimate of drug-likeness (QED) is 0.891. The first-order chi connectivity index (χ1) is 9.72. The van der Waals surface area contributed by atoms with Crippen molar-refractivity contribution in [3.8, 4) is 11.5 Å². The molecule has 1 fully saturated rings. The average Bonchev–Trinajstić information content (AvgIpc) is 2.90. The zero-order valence-corrected chi connectivity index (χ0v) is 12.1. The molecule has 2 aromatic rings. The molecular formula is C16H21N3O. The van der Waals surface area contributed by atoms with E-state index in [1.807, 2.05) is 6.07 Å². The van der Waals surface area contributed by atoms with Gasteiger partial charge in [0.15, 0.2) is 0 Å². The molecule has 0 radical (unpaired) electrons. The molecule has 1 aliphatic rings. The van der Waals surface area contributed by atoms with Crippen LogP contribution in [0.2, 0.25) is 0 Å². The van der Waals surface area contributed by atoms with E-state index in [4.69, 9.17) is 4.42 Å². The predicted octanol–water partition coefficient (Wildman–Crippen LogP) is 4.04. The number of nitrogens with one attached hydrogen (secondary N) is 1. The summed E-state index contributed by atoms with van der Waals surface area (Å²) >= 11 is 0. The summed E-state index contributed by atoms with van der Waals surface area (Å²) in [6.45, 7) is 4.38. The first-order valence-electron chi connectivity index (χ1n) is 7.36. The van der Waals surface area contributed by atoms with Crippen LogP contribution in [0.15, 0.2) is 29.0 Å². The van der Waals surface area contributed by atoms with Gasteiger partial charge < -0.3 is 9.73 Å². The summed E-state index contributed by atoms with van der Waals surface area (Å²) in [7, 11) is 0. The fourth-order valence-corrected chi connectivity index (χ4v) is 2.81. The van der Waals surface area contributed by atoms with Gasteiger partial charge in [-0.25, -0.2) is 0 Å². The maximum atomic E-state index is 5.23. The monoisotopic (exact) mass is 271 g/mol. The van der Waals surface area contributed by atoms with E-state index in [0.717, 1.165) is 11.5 Å². The second-order valence-corrected chi connectivity index (χ2v) is 5.85. The zero-order chi connectivity index (χ0) is 13.9. The minimum Gasteiger partial charge on any atom is -0.423 e. The number of anilines is 1. The van der Waals surface area contributed by atoms with Crippen molar-refractivity contribution in [2.45, 2.75) is 45.6 Å². The van der Waals surface area contributed by atoms with Crippen LogP contribution >= 0.6 is 0 Å². The molecule has 4 heteroatoms. The van der Waals surface area contributed by atoms with E-state index in [1.54, 1.807) is 0 Å². The summed E-state index contributed by atoms with van der Waals surface area (Å²) in [4.78, 5) is 0. The molecule has 106 valence electrons. The summed E-state index contributed by atoms with van der Waals surface area (Å²) in [6, 6.07) is 6.74. The minimum absolute atomic E-state index is 0.522. The Bertz CT molecular complexity index is 561. The highest BCUT2D eigenvalue weighted by Gasteiger charge is 2.20. The van der Waals surface area contributed by atoms with Crippen molar-refractivity contribution in [2.75, 3.05) is 5.32 Å². The zero-order valence-electron chi connectivity index (χ0n) is 12.1. The molecule has 0 aliphatic heterocycles. The molecule has 1 aromatic heterocycles. The topological polar surface area (TPSA) is 51.0 Å². The second-order valence-electron chi connectivity index (χ2n) is 5.85. The van der Waals surface area contributed by atoms with Gasteiger partial charge in [0.2, 0.25) is 12.3 Å². The third-order valence-corrected chi connectivity index (χ3v) is 4.15. The van der Waals surface area contributed by atoms with Gasteiger partial charge in [-0.1, -0.05) is 19.3 Å². The molecule has 4 nitrogen and oxygen atoms in total. The van der Waals surface area contributed by atoms with E-state index < -0.39 is 0 Å². The Morgan fingerprint density at radius 3 is 2.85 bits per heavy atom. The first kappa shape index (κ1) is 13.2. The van der Waals surface area contributed by atoms with Gasteiger partial charge in [0.05, 0.1) is 0 Å². The summed E-state index contributed by atoms with van der Waals surface area (Å²) in [5.74, 6) is 1.50. The van der Waals surface area contributed by atoms with Crippen molar-refractivity contribution in [1.29, 1.82) is 0 Å². The van der Waals surface area contributed by atoms with E-state index >= 15 is 0 Å². The van der Waals surface area contributed by atoms with E-state index in [9.17, 15) is 0 Å². The van der Waals surface area contributed by atoms with E-state index in [1.165, 1.54) is 43.3 Å². The van der Waals surface area contributed by atoms with Gasteiger partial charge in [0.1, 0.15) is 0 Å². The Labute approximate surface area is 119 Å². The molecule has 3 rings (SSSR count). The van der Waals surface area contributed by atoms with Gasteiger partial charge in [0.25, 0.3) is 0 Å². The molecule has 1 atom stereocenters. The number of benzene rings is 1. The average molecular weight is 271 g/mol. The van der Waals surface area contributed by atoms with Crippen LogP contribution in [0.5, 0.6) is 0 Å². The molecule has 20 heavy (non-hydrogen) atoms. The largest absolute Gasteiger partial charge is 0.423 e. The SMILES string of the molecule is Cc1cc(-c2nnco2)ccc1NC(C)CC1CCC1. The Morgan fingerprint density at radius 1 is 1.40 bits per heavy atom. The van der Waals surface area contributed by atoms with Gasteiger partial charge >= 0.3 is 0 Å². The van der Waals surface area contributed by atoms with Crippen LogP contribution in [-0.2, 0) is 0 Å². The number of nitrogens with zero attached hydrogens (tertiary/aromatic N) is 2. The van der Waals surface area contributed by atoms with Crippen LogP contribution in [0.25, 0.3) is 11.5 Å². The molecule has 1 N–H and O–H groups in total. The lowest BCUT2D eigenvalue weighted by atomic mass is 9.81. The van der Waals surface area contributed by atoms with Crippen molar-refractivity contribution in [3.05, 3.63) is 30.2 Å². The van der Waals surface area contributed by atoms with E-state index in [-0.39, 0.29) is 0 Å². The molecule has 1 aliphatic carbocycles. The number of aryl methyl sites for hydroxylation is 1. The normalized spacial score (nSPS) is 16.7. The summed E-state index contributed by atoms with van der Waals surface area (Å²) < 4.78 is 5.23.